The van der Waals surface area contributed by atoms with Gasteiger partial charge in [0.15, 0.2) is 0 Å². The summed E-state index contributed by atoms with van der Waals surface area (Å²) in [6, 6.07) is 0. The standard InChI is InChI=1S/C44H72O4/c1-6-7-8-9-10-11-12-13-14-15-16-17-18-25-43(46)48-40-30-31-44(5)39(32-40)28-27-38-23-20-24-41(37(4)26-29-42(38)44)36(3)22-19-21-35(2)33-47-34-45/h6-10,28,34-38,40-42H,1,11-27,29-33H2,2-5H3/b8-7+,10-9+/t35?,36-,37+,38+,40+,41-,42+,44+/m1/s1. The molecule has 272 valence electrons. The van der Waals surface area contributed by atoms with Crippen LogP contribution in [0.3, 0.4) is 0 Å². The molecule has 3 aliphatic carbocycles. The first kappa shape index (κ1) is 40.3. The Morgan fingerprint density at radius 2 is 1.73 bits per heavy atom. The summed E-state index contributed by atoms with van der Waals surface area (Å²) in [5.74, 6) is 4.37. The number of allylic oxidation sites excluding steroid dienone is 6. The fraction of sp³-hybridized carbons (Fsp3) is 0.773. The van der Waals surface area contributed by atoms with Gasteiger partial charge in [0.05, 0.1) is 6.61 Å². The zero-order chi connectivity index (χ0) is 34.6. The molecule has 0 radical (unpaired) electrons. The minimum atomic E-state index is 0.0235. The van der Waals surface area contributed by atoms with Crippen molar-refractivity contribution < 1.29 is 19.1 Å². The molecular formula is C44H72O4. The lowest BCUT2D eigenvalue weighted by Gasteiger charge is -2.51. The van der Waals surface area contributed by atoms with Gasteiger partial charge in [-0.1, -0.05) is 134 Å². The van der Waals surface area contributed by atoms with Gasteiger partial charge in [-0.15, -0.1) is 0 Å². The Kier molecular flexibility index (Phi) is 19.0. The number of unbranched alkanes of at least 4 members (excludes halogenated alkanes) is 7. The maximum Gasteiger partial charge on any atom is 0.306 e. The van der Waals surface area contributed by atoms with Crippen molar-refractivity contribution in [3.8, 4) is 0 Å². The van der Waals surface area contributed by atoms with Crippen molar-refractivity contribution in [2.24, 2.45) is 40.9 Å². The molecule has 0 bridgehead atoms. The number of hydrogen-bond acceptors (Lipinski definition) is 4. The number of ether oxygens (including phenoxy) is 2. The second kappa shape index (κ2) is 22.6. The first-order chi connectivity index (χ1) is 23.3. The molecule has 4 nitrogen and oxygen atoms in total. The van der Waals surface area contributed by atoms with Gasteiger partial charge in [0.2, 0.25) is 0 Å². The molecule has 4 heteroatoms. The topological polar surface area (TPSA) is 52.6 Å². The highest BCUT2D eigenvalue weighted by Gasteiger charge is 2.47. The van der Waals surface area contributed by atoms with Gasteiger partial charge in [0.25, 0.3) is 6.47 Å². The second-order valence-corrected chi connectivity index (χ2v) is 16.3. The van der Waals surface area contributed by atoms with E-state index in [1.807, 2.05) is 12.2 Å². The second-order valence-electron chi connectivity index (χ2n) is 16.3. The highest BCUT2D eigenvalue weighted by molar-refractivity contribution is 5.69. The van der Waals surface area contributed by atoms with Crippen molar-refractivity contribution in [3.05, 3.63) is 48.6 Å². The van der Waals surface area contributed by atoms with Gasteiger partial charge in [-0.2, -0.15) is 0 Å². The smallest absolute Gasteiger partial charge is 0.306 e. The molecule has 0 aromatic carbocycles. The molecule has 0 aromatic heterocycles. The van der Waals surface area contributed by atoms with Crippen molar-refractivity contribution in [2.75, 3.05) is 6.61 Å². The minimum Gasteiger partial charge on any atom is -0.468 e. The third kappa shape index (κ3) is 13.7. The van der Waals surface area contributed by atoms with Gasteiger partial charge in [-0.05, 0) is 105 Å². The van der Waals surface area contributed by atoms with Crippen molar-refractivity contribution >= 4 is 12.4 Å². The summed E-state index contributed by atoms with van der Waals surface area (Å²) in [5.41, 5.74) is 1.87. The molecule has 0 N–H and O–H groups in total. The Morgan fingerprint density at radius 3 is 2.50 bits per heavy atom. The summed E-state index contributed by atoms with van der Waals surface area (Å²) in [6.07, 6.45) is 37.7. The Balaban J connectivity index is 1.36. The van der Waals surface area contributed by atoms with Gasteiger partial charge in [-0.25, -0.2) is 0 Å². The Bertz CT molecular complexity index is 1020. The summed E-state index contributed by atoms with van der Waals surface area (Å²) < 4.78 is 11.1. The van der Waals surface area contributed by atoms with E-state index < -0.39 is 0 Å². The lowest BCUT2D eigenvalue weighted by atomic mass is 9.55. The number of fused-ring (bicyclic) bond motifs is 3. The monoisotopic (exact) mass is 665 g/mol. The molecule has 3 rings (SSSR count). The van der Waals surface area contributed by atoms with E-state index in [1.54, 1.807) is 11.6 Å². The first-order valence-electron chi connectivity index (χ1n) is 20.2. The average Bonchev–Trinajstić information content (AvgIpc) is 3.15. The number of carbonyl (C=O) groups excluding carboxylic acids is 2. The van der Waals surface area contributed by atoms with E-state index in [4.69, 9.17) is 9.47 Å². The number of carbonyl (C=O) groups is 2. The Hall–Kier alpha value is -2.10. The quantitative estimate of drug-likeness (QED) is 0.0403. The third-order valence-electron chi connectivity index (χ3n) is 12.6. The van der Waals surface area contributed by atoms with Crippen molar-refractivity contribution in [2.45, 2.75) is 169 Å². The fourth-order valence-electron chi connectivity index (χ4n) is 9.56. The molecule has 48 heavy (non-hydrogen) atoms. The molecule has 1 unspecified atom stereocenters. The van der Waals surface area contributed by atoms with Crippen LogP contribution < -0.4 is 0 Å². The molecule has 0 spiro atoms. The molecule has 0 heterocycles. The van der Waals surface area contributed by atoms with Crippen molar-refractivity contribution in [1.82, 2.24) is 0 Å². The van der Waals surface area contributed by atoms with Crippen LogP contribution in [0.15, 0.2) is 48.6 Å². The molecule has 2 saturated carbocycles. The predicted molar refractivity (Wildman–Crippen MR) is 201 cm³/mol. The Morgan fingerprint density at radius 1 is 0.958 bits per heavy atom. The van der Waals surface area contributed by atoms with Crippen LogP contribution in [0.1, 0.15) is 163 Å². The SMILES string of the molecule is C=C/C=C/C=C/CCCCCCCCCC(=O)O[C@H]1CC[C@@]2(C)C(=CC[C@@H]3CCC[C@H]([C@H](C)CCCC(C)COC=O)[C@@H](C)CC[C@@H]32)C1. The molecule has 2 fully saturated rings. The predicted octanol–water partition coefficient (Wildman–Crippen LogP) is 12.3. The van der Waals surface area contributed by atoms with Gasteiger partial charge in [-0.3, -0.25) is 9.59 Å². The molecule has 8 atom stereocenters. The number of esters is 1. The van der Waals surface area contributed by atoms with Crippen LogP contribution in [-0.2, 0) is 19.1 Å². The summed E-state index contributed by atoms with van der Waals surface area (Å²) in [7, 11) is 0. The van der Waals surface area contributed by atoms with Crippen molar-refractivity contribution in [3.63, 3.8) is 0 Å². The van der Waals surface area contributed by atoms with Crippen LogP contribution in [0.4, 0.5) is 0 Å². The van der Waals surface area contributed by atoms with Crippen LogP contribution in [0.2, 0.25) is 0 Å². The van der Waals surface area contributed by atoms with E-state index in [1.165, 1.54) is 89.9 Å². The van der Waals surface area contributed by atoms with E-state index in [-0.39, 0.29) is 17.5 Å². The van der Waals surface area contributed by atoms with Crippen LogP contribution >= 0.6 is 0 Å². The molecular weight excluding hydrogens is 592 g/mol. The van der Waals surface area contributed by atoms with E-state index in [0.29, 0.717) is 25.4 Å². The maximum atomic E-state index is 12.8. The van der Waals surface area contributed by atoms with Crippen molar-refractivity contribution in [1.29, 1.82) is 0 Å². The summed E-state index contributed by atoms with van der Waals surface area (Å²) in [5, 5.41) is 0. The van der Waals surface area contributed by atoms with Crippen LogP contribution in [0.5, 0.6) is 0 Å². The number of rotatable bonds is 21. The number of hydrogen-bond donors (Lipinski definition) is 0. The average molecular weight is 665 g/mol. The molecule has 3 aliphatic rings. The normalized spacial score (nSPS) is 29.1. The third-order valence-corrected chi connectivity index (χ3v) is 12.6. The largest absolute Gasteiger partial charge is 0.468 e. The van der Waals surface area contributed by atoms with Gasteiger partial charge in [0, 0.05) is 12.8 Å². The van der Waals surface area contributed by atoms with E-state index in [9.17, 15) is 9.59 Å². The zero-order valence-electron chi connectivity index (χ0n) is 31.5. The van der Waals surface area contributed by atoms with Gasteiger partial charge in [0.1, 0.15) is 6.10 Å². The molecule has 0 amide bonds. The van der Waals surface area contributed by atoms with Crippen LogP contribution in [0, 0.1) is 40.9 Å². The minimum absolute atomic E-state index is 0.0235. The molecule has 0 saturated heterocycles. The molecule has 0 aromatic rings. The van der Waals surface area contributed by atoms with E-state index in [0.717, 1.165) is 68.1 Å². The molecule has 0 aliphatic heterocycles. The maximum absolute atomic E-state index is 12.8. The summed E-state index contributed by atoms with van der Waals surface area (Å²) in [4.78, 5) is 23.3. The zero-order valence-corrected chi connectivity index (χ0v) is 31.5. The fourth-order valence-corrected chi connectivity index (χ4v) is 9.56. The van der Waals surface area contributed by atoms with E-state index >= 15 is 0 Å². The van der Waals surface area contributed by atoms with E-state index in [2.05, 4.69) is 52.5 Å². The first-order valence-corrected chi connectivity index (χ1v) is 20.2. The van der Waals surface area contributed by atoms with Crippen LogP contribution in [-0.4, -0.2) is 25.2 Å². The highest BCUT2D eigenvalue weighted by atomic mass is 16.5. The highest BCUT2D eigenvalue weighted by Crippen LogP contribution is 2.56. The van der Waals surface area contributed by atoms with Gasteiger partial charge >= 0.3 is 5.97 Å². The lowest BCUT2D eigenvalue weighted by Crippen LogP contribution is -2.43. The van der Waals surface area contributed by atoms with Crippen LogP contribution in [0.25, 0.3) is 0 Å². The van der Waals surface area contributed by atoms with Gasteiger partial charge < -0.3 is 9.47 Å². The summed E-state index contributed by atoms with van der Waals surface area (Å²) >= 11 is 0. The lowest BCUT2D eigenvalue weighted by molar-refractivity contribution is -0.151. The Labute approximate surface area is 295 Å². The summed E-state index contributed by atoms with van der Waals surface area (Å²) in [6.45, 7) is 14.6.